The Morgan fingerprint density at radius 2 is 1.58 bits per heavy atom. The van der Waals surface area contributed by atoms with Gasteiger partial charge in [-0.15, -0.1) is 0 Å². The van der Waals surface area contributed by atoms with Crippen molar-refractivity contribution in [1.82, 2.24) is 4.58 Å². The Kier molecular flexibility index (Phi) is 9.64. The SMILES string of the molecule is CC(C)C(C)Cc1cc(F)c(F)c(OC(=O)c2ccc(C(=O)O)c(C3=c4cc5c6c(c4Oc4c3cc3c7c4CCCN7CCCC3)CCC[N+]=6CCCC5)c2)c1F. The van der Waals surface area contributed by atoms with Crippen LogP contribution in [0.2, 0.25) is 0 Å². The summed E-state index contributed by atoms with van der Waals surface area (Å²) in [5, 5.41) is 12.7. The van der Waals surface area contributed by atoms with E-state index in [9.17, 15) is 19.1 Å². The van der Waals surface area contributed by atoms with Crippen molar-refractivity contribution in [3.63, 3.8) is 0 Å². The molecule has 0 saturated carbocycles. The Labute approximate surface area is 330 Å². The van der Waals surface area contributed by atoms with Crippen LogP contribution in [0.4, 0.5) is 18.9 Å². The standard InChI is InChI=1S/C47H47F3N2O5/c1-25(2)26(3)20-30-24-37(48)40(50)45(39(30)49)57-47(55)29-14-15-31(46(53)54)34(23-29)38-35-21-27-10-4-6-16-51-18-8-12-32(41(27)51)43(35)56-44-33-13-9-19-52-17-7-5-11-28(42(33)52)22-36(38)44/h14-15,21-26H,4-13,16-20H2,1-3H3/p+1. The van der Waals surface area contributed by atoms with Crippen molar-refractivity contribution in [2.45, 2.75) is 91.4 Å². The number of aryl methyl sites for hydroxylation is 2. The minimum Gasteiger partial charge on any atom is -0.478 e. The zero-order chi connectivity index (χ0) is 39.7. The van der Waals surface area contributed by atoms with E-state index >= 15 is 8.78 Å². The van der Waals surface area contributed by atoms with Crippen LogP contribution in [0.3, 0.4) is 0 Å². The first-order chi connectivity index (χ1) is 27.5. The van der Waals surface area contributed by atoms with Crippen molar-refractivity contribution in [2.75, 3.05) is 31.1 Å². The minimum absolute atomic E-state index is 0.0381. The van der Waals surface area contributed by atoms with Gasteiger partial charge in [-0.05, 0) is 123 Å². The number of esters is 1. The predicted octanol–water partition coefficient (Wildman–Crippen LogP) is 8.07. The fourth-order valence-corrected chi connectivity index (χ4v) is 9.79. The summed E-state index contributed by atoms with van der Waals surface area (Å²) in [6.45, 7) is 9.68. The van der Waals surface area contributed by atoms with Crippen molar-refractivity contribution in [2.24, 2.45) is 11.8 Å². The molecule has 0 amide bonds. The van der Waals surface area contributed by atoms with E-state index in [-0.39, 0.29) is 40.5 Å². The van der Waals surface area contributed by atoms with Crippen LogP contribution >= 0.6 is 0 Å². The maximum atomic E-state index is 15.8. The number of carboxylic acids is 1. The van der Waals surface area contributed by atoms with Gasteiger partial charge in [0.2, 0.25) is 16.9 Å². The molecule has 0 aliphatic carbocycles. The fourth-order valence-electron chi connectivity index (χ4n) is 9.79. The second-order valence-electron chi connectivity index (χ2n) is 16.9. The lowest BCUT2D eigenvalue weighted by Crippen LogP contribution is -2.41. The second-order valence-corrected chi connectivity index (χ2v) is 16.9. The molecule has 0 aromatic heterocycles. The molecule has 1 unspecified atom stereocenters. The van der Waals surface area contributed by atoms with E-state index < -0.39 is 35.1 Å². The van der Waals surface area contributed by atoms with E-state index in [4.69, 9.17) is 9.47 Å². The van der Waals surface area contributed by atoms with Gasteiger partial charge in [-0.1, -0.05) is 20.8 Å². The van der Waals surface area contributed by atoms with Crippen LogP contribution in [0.1, 0.15) is 119 Å². The third kappa shape index (κ3) is 6.39. The van der Waals surface area contributed by atoms with Crippen molar-refractivity contribution in [3.05, 3.63) is 114 Å². The molecule has 9 rings (SSSR count). The van der Waals surface area contributed by atoms with Gasteiger partial charge in [0.15, 0.2) is 11.6 Å². The molecule has 4 aromatic rings. The van der Waals surface area contributed by atoms with Crippen LogP contribution in [-0.4, -0.2) is 43.2 Å². The Bertz CT molecular complexity index is 2510. The van der Waals surface area contributed by atoms with Crippen LogP contribution in [0, 0.1) is 29.3 Å². The third-order valence-corrected chi connectivity index (χ3v) is 13.0. The molecular weight excluding hydrogens is 730 g/mol. The number of ether oxygens (including phenoxy) is 2. The lowest BCUT2D eigenvalue weighted by atomic mass is 9.82. The number of nitrogens with zero attached hydrogens (tertiary/aromatic N) is 2. The highest BCUT2D eigenvalue weighted by Gasteiger charge is 2.36. The second kappa shape index (κ2) is 14.7. The average molecular weight is 778 g/mol. The van der Waals surface area contributed by atoms with E-state index in [2.05, 4.69) is 21.6 Å². The number of carbonyl (C=O) groups is 2. The van der Waals surface area contributed by atoms with Gasteiger partial charge < -0.3 is 19.5 Å². The number of hydrogen-bond donors (Lipinski definition) is 1. The normalized spacial score (nSPS) is 17.4. The summed E-state index contributed by atoms with van der Waals surface area (Å²) < 4.78 is 61.0. The number of benzene rings is 4. The average Bonchev–Trinajstić information content (AvgIpc) is 3.55. The Morgan fingerprint density at radius 1 is 0.825 bits per heavy atom. The van der Waals surface area contributed by atoms with E-state index in [1.807, 2.05) is 20.8 Å². The van der Waals surface area contributed by atoms with Gasteiger partial charge in [-0.25, -0.2) is 22.9 Å². The van der Waals surface area contributed by atoms with Crippen LogP contribution in [0.25, 0.3) is 5.57 Å². The van der Waals surface area contributed by atoms with E-state index in [0.717, 1.165) is 130 Å². The van der Waals surface area contributed by atoms with Gasteiger partial charge in [-0.2, -0.15) is 4.39 Å². The maximum Gasteiger partial charge on any atom is 0.343 e. The summed E-state index contributed by atoms with van der Waals surface area (Å²) in [6.07, 6.45) is 9.62. The number of aromatic carboxylic acids is 1. The first kappa shape index (κ1) is 37.5. The zero-order valence-corrected chi connectivity index (χ0v) is 32.8. The molecule has 0 fully saturated rings. The minimum atomic E-state index is -1.60. The number of carbonyl (C=O) groups excluding carboxylic acids is 1. The Balaban J connectivity index is 1.27. The molecule has 5 heterocycles. The molecule has 10 heteroatoms. The molecule has 7 nitrogen and oxygen atoms in total. The van der Waals surface area contributed by atoms with Crippen molar-refractivity contribution >= 4 is 23.2 Å². The van der Waals surface area contributed by atoms with E-state index in [0.29, 0.717) is 5.57 Å². The molecular formula is C47H48F3N2O5+. The number of carboxylic acid groups (broad SMARTS) is 1. The third-order valence-electron chi connectivity index (χ3n) is 13.0. The number of fused-ring (bicyclic) bond motifs is 4. The number of hydrogen-bond acceptors (Lipinski definition) is 5. The lowest BCUT2D eigenvalue weighted by molar-refractivity contribution is 0.0689. The topological polar surface area (TPSA) is 79.1 Å². The van der Waals surface area contributed by atoms with Gasteiger partial charge >= 0.3 is 11.9 Å². The Morgan fingerprint density at radius 3 is 2.39 bits per heavy atom. The molecule has 5 aliphatic rings. The zero-order valence-electron chi connectivity index (χ0n) is 32.8. The van der Waals surface area contributed by atoms with Crippen LogP contribution in [0.15, 0.2) is 36.4 Å². The predicted molar refractivity (Wildman–Crippen MR) is 212 cm³/mol. The molecule has 0 bridgehead atoms. The summed E-state index contributed by atoms with van der Waals surface area (Å²) in [4.78, 5) is 29.6. The number of halogens is 3. The summed E-state index contributed by atoms with van der Waals surface area (Å²) >= 11 is 0. The molecule has 1 atom stereocenters. The quantitative estimate of drug-likeness (QED) is 0.0780. The van der Waals surface area contributed by atoms with Gasteiger partial charge in [-0.3, -0.25) is 0 Å². The molecule has 0 radical (unpaired) electrons. The van der Waals surface area contributed by atoms with Crippen LogP contribution in [-0.2, 0) is 32.1 Å². The molecule has 1 N–H and O–H groups in total. The lowest BCUT2D eigenvalue weighted by Gasteiger charge is -2.35. The van der Waals surface area contributed by atoms with Gasteiger partial charge in [0.1, 0.15) is 24.6 Å². The summed E-state index contributed by atoms with van der Waals surface area (Å²) in [6, 6.07) is 9.21. The van der Waals surface area contributed by atoms with E-state index in [1.54, 1.807) is 0 Å². The first-order valence-electron chi connectivity index (χ1n) is 20.7. The molecule has 57 heavy (non-hydrogen) atoms. The van der Waals surface area contributed by atoms with Crippen LogP contribution in [0.5, 0.6) is 17.2 Å². The smallest absolute Gasteiger partial charge is 0.343 e. The van der Waals surface area contributed by atoms with Crippen molar-refractivity contribution < 1.29 is 37.3 Å². The van der Waals surface area contributed by atoms with E-state index in [1.165, 1.54) is 40.4 Å². The number of rotatable bonds is 7. The fraction of sp³-hybridized carbons (Fsp3) is 0.426. The maximum absolute atomic E-state index is 15.8. The highest BCUT2D eigenvalue weighted by Crippen LogP contribution is 2.48. The van der Waals surface area contributed by atoms with Crippen molar-refractivity contribution in [3.8, 4) is 17.2 Å². The largest absolute Gasteiger partial charge is 0.478 e. The molecule has 4 aromatic carbocycles. The summed E-state index contributed by atoms with van der Waals surface area (Å²) in [7, 11) is 0. The van der Waals surface area contributed by atoms with Gasteiger partial charge in [0, 0.05) is 59.1 Å². The summed E-state index contributed by atoms with van der Waals surface area (Å²) in [5.41, 5.74) is 7.30. The highest BCUT2D eigenvalue weighted by atomic mass is 19.2. The monoisotopic (exact) mass is 777 g/mol. The first-order valence-corrected chi connectivity index (χ1v) is 20.7. The number of anilines is 1. The molecule has 296 valence electrons. The molecule has 5 aliphatic heterocycles. The van der Waals surface area contributed by atoms with Crippen LogP contribution < -0.4 is 29.5 Å². The van der Waals surface area contributed by atoms with Crippen molar-refractivity contribution in [1.29, 1.82) is 0 Å². The summed E-state index contributed by atoms with van der Waals surface area (Å²) in [5.74, 6) is -5.94. The molecule has 0 saturated heterocycles. The van der Waals surface area contributed by atoms with Gasteiger partial charge in [0.25, 0.3) is 0 Å². The molecule has 0 spiro atoms. The highest BCUT2D eigenvalue weighted by molar-refractivity contribution is 6.02. The van der Waals surface area contributed by atoms with Gasteiger partial charge in [0.05, 0.1) is 16.7 Å². The Hall–Kier alpha value is -5.12.